The Morgan fingerprint density at radius 2 is 1.84 bits per heavy atom. The van der Waals surface area contributed by atoms with Gasteiger partial charge in [0.25, 0.3) is 0 Å². The smallest absolute Gasteiger partial charge is 0.313 e. The highest BCUT2D eigenvalue weighted by molar-refractivity contribution is 6.39. The average molecular weight is 432 g/mol. The molecule has 1 saturated heterocycles. The van der Waals surface area contributed by atoms with Gasteiger partial charge < -0.3 is 15.5 Å². The molecule has 1 unspecified atom stereocenters. The number of benzene rings is 2. The van der Waals surface area contributed by atoms with Crippen molar-refractivity contribution in [3.63, 3.8) is 0 Å². The van der Waals surface area contributed by atoms with E-state index < -0.39 is 11.8 Å². The summed E-state index contributed by atoms with van der Waals surface area (Å²) in [5.74, 6) is -1.46. The number of hydrogen-bond donors (Lipinski definition) is 2. The van der Waals surface area contributed by atoms with Crippen molar-refractivity contribution in [3.8, 4) is 6.07 Å². The highest BCUT2D eigenvalue weighted by atomic mass is 16.2. The van der Waals surface area contributed by atoms with Crippen LogP contribution in [0.3, 0.4) is 0 Å². The summed E-state index contributed by atoms with van der Waals surface area (Å²) in [5, 5.41) is 14.5. The van der Waals surface area contributed by atoms with E-state index in [9.17, 15) is 14.9 Å². The number of aryl methyl sites for hydroxylation is 1. The number of hydrogen-bond acceptors (Lipinski definition) is 5. The van der Waals surface area contributed by atoms with Crippen molar-refractivity contribution < 1.29 is 9.59 Å². The molecule has 2 aliphatic rings. The molecule has 0 aliphatic carbocycles. The first-order valence-electron chi connectivity index (χ1n) is 11.2. The monoisotopic (exact) mass is 431 g/mol. The number of nitriles is 1. The van der Waals surface area contributed by atoms with E-state index in [0.29, 0.717) is 17.8 Å². The Morgan fingerprint density at radius 3 is 2.62 bits per heavy atom. The normalized spacial score (nSPS) is 16.7. The second-order valence-electron chi connectivity index (χ2n) is 8.49. The zero-order chi connectivity index (χ0) is 22.5. The maximum Gasteiger partial charge on any atom is 0.313 e. The molecule has 0 saturated carbocycles. The third kappa shape index (κ3) is 4.76. The van der Waals surface area contributed by atoms with Gasteiger partial charge >= 0.3 is 11.8 Å². The van der Waals surface area contributed by atoms with Crippen LogP contribution in [0.15, 0.2) is 42.5 Å². The average Bonchev–Trinajstić information content (AvgIpc) is 3.34. The minimum absolute atomic E-state index is 0.0261. The van der Waals surface area contributed by atoms with E-state index in [0.717, 1.165) is 45.3 Å². The second-order valence-corrected chi connectivity index (χ2v) is 8.49. The van der Waals surface area contributed by atoms with Crippen LogP contribution in [0, 0.1) is 11.3 Å². The van der Waals surface area contributed by atoms with Crippen molar-refractivity contribution in [2.75, 3.05) is 43.4 Å². The second kappa shape index (κ2) is 9.84. The topological polar surface area (TPSA) is 88.5 Å². The number of fused-ring (bicyclic) bond motifs is 1. The minimum atomic E-state index is -0.764. The highest BCUT2D eigenvalue weighted by Crippen LogP contribution is 2.31. The summed E-state index contributed by atoms with van der Waals surface area (Å²) in [6.07, 6.45) is 4.49. The van der Waals surface area contributed by atoms with Gasteiger partial charge in [-0.2, -0.15) is 5.26 Å². The van der Waals surface area contributed by atoms with Crippen molar-refractivity contribution in [1.82, 2.24) is 10.2 Å². The fraction of sp³-hybridized carbons (Fsp3) is 0.400. The Balaban J connectivity index is 1.46. The lowest BCUT2D eigenvalue weighted by Crippen LogP contribution is -2.41. The Hall–Kier alpha value is -3.37. The van der Waals surface area contributed by atoms with Crippen LogP contribution >= 0.6 is 0 Å². The Morgan fingerprint density at radius 1 is 1.06 bits per heavy atom. The number of likely N-dealkylation sites (tertiary alicyclic amines) is 1. The molecule has 0 spiro atoms. The van der Waals surface area contributed by atoms with Gasteiger partial charge in [0.2, 0.25) is 0 Å². The molecule has 32 heavy (non-hydrogen) atoms. The van der Waals surface area contributed by atoms with Gasteiger partial charge in [0, 0.05) is 25.8 Å². The number of carbonyl (C=O) groups is 2. The molecule has 2 aromatic rings. The molecule has 0 bridgehead atoms. The van der Waals surface area contributed by atoms with Crippen LogP contribution in [-0.2, 0) is 16.0 Å². The van der Waals surface area contributed by atoms with Gasteiger partial charge in [-0.1, -0.05) is 24.3 Å². The van der Waals surface area contributed by atoms with Crippen molar-refractivity contribution >= 4 is 23.2 Å². The summed E-state index contributed by atoms with van der Waals surface area (Å²) in [6.45, 7) is 3.40. The molecule has 2 heterocycles. The number of nitrogens with one attached hydrogen (secondary N) is 2. The standard InChI is InChI=1S/C25H29N5O2/c1-29-12-6-8-18-15-19(10-11-22(18)29)23(30-13-4-5-14-30)17-27-24(31)25(32)28-21-9-3-2-7-20(21)16-26/h2-3,7,9-11,15,23H,4-6,8,12-14,17H2,1H3,(H,27,31)(H,28,32). The van der Waals surface area contributed by atoms with Crippen molar-refractivity contribution in [1.29, 1.82) is 5.26 Å². The summed E-state index contributed by atoms with van der Waals surface area (Å²) in [4.78, 5) is 29.6. The van der Waals surface area contributed by atoms with E-state index in [2.05, 4.69) is 45.7 Å². The predicted molar refractivity (Wildman–Crippen MR) is 124 cm³/mol. The van der Waals surface area contributed by atoms with Gasteiger partial charge in [-0.3, -0.25) is 14.5 Å². The largest absolute Gasteiger partial charge is 0.374 e. The quantitative estimate of drug-likeness (QED) is 0.711. The van der Waals surface area contributed by atoms with E-state index >= 15 is 0 Å². The van der Waals surface area contributed by atoms with E-state index in [1.807, 2.05) is 6.07 Å². The van der Waals surface area contributed by atoms with E-state index in [4.69, 9.17) is 0 Å². The van der Waals surface area contributed by atoms with Crippen LogP contribution in [0.5, 0.6) is 0 Å². The zero-order valence-electron chi connectivity index (χ0n) is 18.4. The molecule has 2 amide bonds. The summed E-state index contributed by atoms with van der Waals surface area (Å²) in [7, 11) is 2.12. The van der Waals surface area contributed by atoms with E-state index in [1.54, 1.807) is 24.3 Å². The fourth-order valence-electron chi connectivity index (χ4n) is 4.66. The molecule has 1 atom stereocenters. The summed E-state index contributed by atoms with van der Waals surface area (Å²) >= 11 is 0. The van der Waals surface area contributed by atoms with Crippen molar-refractivity contribution in [2.45, 2.75) is 31.7 Å². The first kappa shape index (κ1) is 21.8. The molecule has 2 aromatic carbocycles. The molecular formula is C25H29N5O2. The van der Waals surface area contributed by atoms with Crippen LogP contribution in [0.2, 0.25) is 0 Å². The van der Waals surface area contributed by atoms with Crippen molar-refractivity contribution in [3.05, 3.63) is 59.2 Å². The highest BCUT2D eigenvalue weighted by Gasteiger charge is 2.26. The number of para-hydroxylation sites is 1. The molecule has 7 nitrogen and oxygen atoms in total. The first-order chi connectivity index (χ1) is 15.6. The molecule has 2 N–H and O–H groups in total. The lowest BCUT2D eigenvalue weighted by molar-refractivity contribution is -0.136. The summed E-state index contributed by atoms with van der Waals surface area (Å²) in [6, 6.07) is 15.3. The summed E-state index contributed by atoms with van der Waals surface area (Å²) in [5.41, 5.74) is 4.46. The van der Waals surface area contributed by atoms with Gasteiger partial charge in [0.1, 0.15) is 6.07 Å². The van der Waals surface area contributed by atoms with Crippen LogP contribution in [0.1, 0.15) is 42.0 Å². The predicted octanol–water partition coefficient (Wildman–Crippen LogP) is 2.83. The first-order valence-corrected chi connectivity index (χ1v) is 11.2. The van der Waals surface area contributed by atoms with Gasteiger partial charge in [-0.15, -0.1) is 0 Å². The molecular weight excluding hydrogens is 402 g/mol. The van der Waals surface area contributed by atoms with Crippen molar-refractivity contribution in [2.24, 2.45) is 0 Å². The van der Waals surface area contributed by atoms with Crippen LogP contribution in [0.4, 0.5) is 11.4 Å². The third-order valence-corrected chi connectivity index (χ3v) is 6.38. The van der Waals surface area contributed by atoms with Gasteiger partial charge in [-0.05, 0) is 68.1 Å². The number of rotatable bonds is 5. The van der Waals surface area contributed by atoms with E-state index in [1.165, 1.54) is 16.8 Å². The zero-order valence-corrected chi connectivity index (χ0v) is 18.4. The molecule has 1 fully saturated rings. The molecule has 0 aromatic heterocycles. The lowest BCUT2D eigenvalue weighted by Gasteiger charge is -2.31. The molecule has 0 radical (unpaired) electrons. The van der Waals surface area contributed by atoms with Gasteiger partial charge in [-0.25, -0.2) is 0 Å². The van der Waals surface area contributed by atoms with Gasteiger partial charge in [0.05, 0.1) is 17.3 Å². The lowest BCUT2D eigenvalue weighted by atomic mass is 9.96. The molecule has 7 heteroatoms. The van der Waals surface area contributed by atoms with Crippen LogP contribution < -0.4 is 15.5 Å². The Labute approximate surface area is 189 Å². The molecule has 166 valence electrons. The summed E-state index contributed by atoms with van der Waals surface area (Å²) < 4.78 is 0. The molecule has 4 rings (SSSR count). The van der Waals surface area contributed by atoms with Gasteiger partial charge in [0.15, 0.2) is 0 Å². The maximum absolute atomic E-state index is 12.5. The Bertz CT molecular complexity index is 1040. The van der Waals surface area contributed by atoms with E-state index in [-0.39, 0.29) is 6.04 Å². The Kier molecular flexibility index (Phi) is 6.72. The molecule has 2 aliphatic heterocycles. The number of amides is 2. The van der Waals surface area contributed by atoms with Crippen LogP contribution in [0.25, 0.3) is 0 Å². The number of anilines is 2. The number of nitrogens with zero attached hydrogens (tertiary/aromatic N) is 3. The van der Waals surface area contributed by atoms with Crippen LogP contribution in [-0.4, -0.2) is 49.9 Å². The number of carbonyl (C=O) groups excluding carboxylic acids is 2. The minimum Gasteiger partial charge on any atom is -0.374 e. The SMILES string of the molecule is CN1CCCc2cc(C(CNC(=O)C(=O)Nc3ccccc3C#N)N3CCCC3)ccc21. The fourth-order valence-corrected chi connectivity index (χ4v) is 4.66. The third-order valence-electron chi connectivity index (χ3n) is 6.38. The maximum atomic E-state index is 12.5.